The van der Waals surface area contributed by atoms with Crippen LogP contribution >= 0.6 is 11.6 Å². The van der Waals surface area contributed by atoms with Crippen molar-refractivity contribution in [3.63, 3.8) is 0 Å². The Bertz CT molecular complexity index is 788. The highest BCUT2D eigenvalue weighted by Gasteiger charge is 2.29. The summed E-state index contributed by atoms with van der Waals surface area (Å²) >= 11 is 11.6. The molecule has 0 fully saturated rings. The molecule has 0 saturated heterocycles. The van der Waals surface area contributed by atoms with Crippen molar-refractivity contribution in [1.82, 2.24) is 0 Å². The van der Waals surface area contributed by atoms with Crippen molar-refractivity contribution in [1.29, 1.82) is 0 Å². The van der Waals surface area contributed by atoms with Crippen LogP contribution in [0.4, 0.5) is 5.69 Å². The zero-order valence-corrected chi connectivity index (χ0v) is 15.8. The number of ketones is 1. The molecule has 0 aliphatic carbocycles. The number of rotatable bonds is 7. The van der Waals surface area contributed by atoms with Crippen LogP contribution in [0.2, 0.25) is 5.02 Å². The van der Waals surface area contributed by atoms with Gasteiger partial charge in [-0.1, -0.05) is 29.8 Å². The van der Waals surface area contributed by atoms with E-state index < -0.39 is 6.04 Å². The maximum Gasteiger partial charge on any atom is 0.237 e. The Morgan fingerprint density at radius 1 is 1.32 bits per heavy atom. The molecule has 6 heteroatoms. The Balaban J connectivity index is 2.48. The summed E-state index contributed by atoms with van der Waals surface area (Å²) in [7, 11) is 3.91. The van der Waals surface area contributed by atoms with Gasteiger partial charge in [0.05, 0.1) is 11.6 Å². The molecule has 4 nitrogen and oxygen atoms in total. The van der Waals surface area contributed by atoms with Crippen LogP contribution in [0.3, 0.4) is 0 Å². The molecule has 1 atom stereocenters. The summed E-state index contributed by atoms with van der Waals surface area (Å²) in [5.74, 6) is -0.189. The summed E-state index contributed by atoms with van der Waals surface area (Å²) in [6.07, 6.45) is 5.29. The molecule has 130 valence electrons. The molecule has 0 radical (unpaired) electrons. The van der Waals surface area contributed by atoms with Gasteiger partial charge in [0.2, 0.25) is 11.8 Å². The van der Waals surface area contributed by atoms with Crippen LogP contribution in [-0.2, 0) is 12.6 Å². The van der Waals surface area contributed by atoms with E-state index in [0.29, 0.717) is 22.2 Å². The van der Waals surface area contributed by atoms with Gasteiger partial charge in [0.25, 0.3) is 0 Å². The van der Waals surface area contributed by atoms with Crippen molar-refractivity contribution in [2.45, 2.75) is 6.04 Å². The highest BCUT2D eigenvalue weighted by Crippen LogP contribution is 2.20. The normalized spacial score (nSPS) is 12.5. The third kappa shape index (κ3) is 4.65. The molecule has 0 unspecified atom stereocenters. The Morgan fingerprint density at radius 3 is 2.52 bits per heavy atom. The molecule has 25 heavy (non-hydrogen) atoms. The van der Waals surface area contributed by atoms with Gasteiger partial charge in [-0.3, -0.25) is 4.79 Å². The first-order chi connectivity index (χ1) is 12.0. The van der Waals surface area contributed by atoms with Gasteiger partial charge in [0, 0.05) is 37.5 Å². The lowest BCUT2D eigenvalue weighted by Gasteiger charge is -2.19. The smallest absolute Gasteiger partial charge is 0.237 e. The van der Waals surface area contributed by atoms with Crippen LogP contribution in [0.25, 0.3) is 0 Å². The number of pyridine rings is 1. The van der Waals surface area contributed by atoms with Crippen molar-refractivity contribution in [3.05, 3.63) is 72.0 Å². The van der Waals surface area contributed by atoms with Gasteiger partial charge in [-0.25, -0.2) is 0 Å². The maximum absolute atomic E-state index is 13.1. The van der Waals surface area contributed by atoms with E-state index in [-0.39, 0.29) is 5.78 Å². The first-order valence-corrected chi connectivity index (χ1v) is 8.53. The Labute approximate surface area is 158 Å². The van der Waals surface area contributed by atoms with E-state index in [1.807, 2.05) is 43.5 Å². The van der Waals surface area contributed by atoms with E-state index >= 15 is 0 Å². The van der Waals surface area contributed by atoms with Crippen molar-refractivity contribution in [3.8, 4) is 0 Å². The second-order valence-corrected chi connectivity index (χ2v) is 6.44. The van der Waals surface area contributed by atoms with E-state index in [0.717, 1.165) is 5.69 Å². The van der Waals surface area contributed by atoms with Crippen LogP contribution in [-0.4, -0.2) is 31.5 Å². The lowest BCUT2D eigenvalue weighted by molar-refractivity contribution is -0.691. The minimum atomic E-state index is -0.730. The molecule has 0 aliphatic rings. The van der Waals surface area contributed by atoms with Crippen LogP contribution in [0.1, 0.15) is 16.4 Å². The zero-order chi connectivity index (χ0) is 18.4. The second kappa shape index (κ2) is 8.74. The van der Waals surface area contributed by atoms with E-state index in [1.165, 1.54) is 0 Å². The van der Waals surface area contributed by atoms with E-state index in [4.69, 9.17) is 24.2 Å². The standard InChI is InChI=1S/C19H20ClN3OS/c1-4-11-21-19(25)17(18(24)15-7-5-6-8-16(15)20)23-12-9-14(10-13-23)22(2)3/h4-10,12-13,17H,1,11H2,2-3H3/t17-/m1/s1. The predicted octanol–water partition coefficient (Wildman–Crippen LogP) is 3.25. The average molecular weight is 374 g/mol. The number of hydrogen-bond acceptors (Lipinski definition) is 4. The third-order valence-corrected chi connectivity index (χ3v) is 4.33. The first-order valence-electron chi connectivity index (χ1n) is 7.74. The molecule has 0 bridgehead atoms. The fourth-order valence-corrected chi connectivity index (χ4v) is 2.86. The fraction of sp³-hybridized carbons (Fsp3) is 0.211. The number of hydrogen-bond donors (Lipinski definition) is 0. The quantitative estimate of drug-likeness (QED) is 0.187. The number of nitrogens with zero attached hydrogens (tertiary/aromatic N) is 3. The molecule has 0 saturated carbocycles. The highest BCUT2D eigenvalue weighted by molar-refractivity contribution is 7.77. The Kier molecular flexibility index (Phi) is 6.67. The average Bonchev–Trinajstić information content (AvgIpc) is 2.60. The molecule has 1 aromatic carbocycles. The number of carbonyl (C=O) groups is 1. The molecular weight excluding hydrogens is 354 g/mol. The van der Waals surface area contributed by atoms with E-state index in [2.05, 4.69) is 11.6 Å². The van der Waals surface area contributed by atoms with Crippen LogP contribution in [0.5, 0.6) is 0 Å². The molecule has 2 aromatic rings. The Hall–Kier alpha value is -2.24. The van der Waals surface area contributed by atoms with Gasteiger partial charge >= 0.3 is 0 Å². The summed E-state index contributed by atoms with van der Waals surface area (Å²) < 4.78 is 1.76. The topological polar surface area (TPSA) is 36.6 Å². The number of Topliss-reactive ketones (excluding diaryl/α,β-unsaturated/α-hetero) is 1. The highest BCUT2D eigenvalue weighted by atomic mass is 35.5. The first kappa shape index (κ1) is 19.1. The molecule has 2 rings (SSSR count). The molecule has 0 amide bonds. The second-order valence-electron chi connectivity index (χ2n) is 5.61. The lowest BCUT2D eigenvalue weighted by atomic mass is 10.0. The van der Waals surface area contributed by atoms with Gasteiger partial charge in [0.1, 0.15) is 0 Å². The third-order valence-electron chi connectivity index (χ3n) is 3.65. The van der Waals surface area contributed by atoms with Gasteiger partial charge < -0.3 is 22.5 Å². The number of aromatic nitrogens is 1. The minimum Gasteiger partial charge on any atom is -0.758 e. The Morgan fingerprint density at radius 2 is 1.96 bits per heavy atom. The van der Waals surface area contributed by atoms with Gasteiger partial charge in [0.15, 0.2) is 12.4 Å². The largest absolute Gasteiger partial charge is 0.758 e. The monoisotopic (exact) mass is 373 g/mol. The molecule has 0 N–H and O–H groups in total. The summed E-state index contributed by atoms with van der Waals surface area (Å²) in [5.41, 5.74) is 1.45. The van der Waals surface area contributed by atoms with Crippen LogP contribution in [0, 0.1) is 0 Å². The number of carbonyl (C=O) groups excluding carboxylic acids is 1. The van der Waals surface area contributed by atoms with E-state index in [9.17, 15) is 4.79 Å². The van der Waals surface area contributed by atoms with Crippen LogP contribution < -0.4 is 9.47 Å². The molecule has 1 aromatic heterocycles. The van der Waals surface area contributed by atoms with Gasteiger partial charge in [-0.05, 0) is 17.2 Å². The SMILES string of the molecule is C=CCN=C([S-])[C@@H](C(=O)c1ccccc1Cl)[n+]1ccc(N(C)C)cc1. The summed E-state index contributed by atoms with van der Waals surface area (Å²) in [6, 6.07) is 10.1. The molecular formula is C19H20ClN3OS. The lowest BCUT2D eigenvalue weighted by Crippen LogP contribution is -2.47. The summed E-state index contributed by atoms with van der Waals surface area (Å²) in [4.78, 5) is 19.4. The molecule has 1 heterocycles. The molecule has 0 spiro atoms. The fourth-order valence-electron chi connectivity index (χ4n) is 2.32. The zero-order valence-electron chi connectivity index (χ0n) is 14.2. The van der Waals surface area contributed by atoms with Crippen molar-refractivity contribution >= 4 is 40.7 Å². The number of halogens is 1. The van der Waals surface area contributed by atoms with Crippen molar-refractivity contribution in [2.75, 3.05) is 25.5 Å². The van der Waals surface area contributed by atoms with Gasteiger partial charge in [-0.15, -0.1) is 6.58 Å². The number of benzene rings is 1. The van der Waals surface area contributed by atoms with Crippen molar-refractivity contribution in [2.24, 2.45) is 4.99 Å². The molecule has 0 aliphatic heterocycles. The number of aliphatic imine (C=N–C) groups is 1. The van der Waals surface area contributed by atoms with Crippen LogP contribution in [0.15, 0.2) is 66.4 Å². The van der Waals surface area contributed by atoms with E-state index in [1.54, 1.807) is 34.9 Å². The number of anilines is 1. The summed E-state index contributed by atoms with van der Waals surface area (Å²) in [5, 5.41) is 0.696. The van der Waals surface area contributed by atoms with Gasteiger partial charge in [-0.2, -0.15) is 4.57 Å². The van der Waals surface area contributed by atoms with Crippen molar-refractivity contribution < 1.29 is 9.36 Å². The minimum absolute atomic E-state index is 0.189. The maximum atomic E-state index is 13.1. The summed E-state index contributed by atoms with van der Waals surface area (Å²) in [6.45, 7) is 4.00. The predicted molar refractivity (Wildman–Crippen MR) is 106 cm³/mol.